The number of ether oxygens (including phenoxy) is 1. The largest absolute Gasteiger partial charge is 0.479 e. The van der Waals surface area contributed by atoms with Crippen molar-refractivity contribution in [1.29, 1.82) is 0 Å². The van der Waals surface area contributed by atoms with Crippen molar-refractivity contribution in [1.82, 2.24) is 0 Å². The maximum absolute atomic E-state index is 10.9. The molecular weight excluding hydrogens is 204 g/mol. The predicted molar refractivity (Wildman–Crippen MR) is 60.9 cm³/mol. The van der Waals surface area contributed by atoms with Crippen LogP contribution in [0, 0.1) is 0 Å². The Bertz CT molecular complexity index is 410. The fourth-order valence-electron chi connectivity index (χ4n) is 2.06. The number of rotatable bonds is 2. The van der Waals surface area contributed by atoms with E-state index < -0.39 is 12.1 Å². The molecule has 0 saturated carbocycles. The fourth-order valence-corrected chi connectivity index (χ4v) is 2.06. The first-order valence-corrected chi connectivity index (χ1v) is 5.61. The lowest BCUT2D eigenvalue weighted by Crippen LogP contribution is -2.31. The van der Waals surface area contributed by atoms with Crippen LogP contribution in [-0.4, -0.2) is 17.2 Å². The van der Waals surface area contributed by atoms with Gasteiger partial charge >= 0.3 is 5.97 Å². The van der Waals surface area contributed by atoms with Crippen molar-refractivity contribution in [2.24, 2.45) is 0 Å². The highest BCUT2D eigenvalue weighted by atomic mass is 16.5. The van der Waals surface area contributed by atoms with Crippen molar-refractivity contribution in [3.8, 4) is 5.75 Å². The average molecular weight is 220 g/mol. The van der Waals surface area contributed by atoms with Gasteiger partial charge in [-0.05, 0) is 29.9 Å². The molecule has 0 aromatic heterocycles. The molecule has 0 bridgehead atoms. The molecule has 1 N–H and O–H groups in total. The summed E-state index contributed by atoms with van der Waals surface area (Å²) in [6.07, 6.45) is 0.656. The molecule has 1 aliphatic heterocycles. The number of carboxylic acid groups (broad SMARTS) is 1. The van der Waals surface area contributed by atoms with E-state index in [-0.39, 0.29) is 0 Å². The van der Waals surface area contributed by atoms with E-state index in [0.29, 0.717) is 12.3 Å². The van der Waals surface area contributed by atoms with E-state index in [0.717, 1.165) is 23.3 Å². The minimum atomic E-state index is -0.871. The number of carbonyl (C=O) groups is 1. The van der Waals surface area contributed by atoms with Gasteiger partial charge in [-0.2, -0.15) is 0 Å². The molecule has 3 heteroatoms. The number of aryl methyl sites for hydroxylation is 1. The Hall–Kier alpha value is -1.51. The Morgan fingerprint density at radius 2 is 2.25 bits per heavy atom. The lowest BCUT2D eigenvalue weighted by Gasteiger charge is -2.26. The van der Waals surface area contributed by atoms with Crippen LogP contribution in [0.15, 0.2) is 18.2 Å². The first-order valence-electron chi connectivity index (χ1n) is 5.61. The topological polar surface area (TPSA) is 46.5 Å². The van der Waals surface area contributed by atoms with Crippen molar-refractivity contribution in [2.45, 2.75) is 38.7 Å². The minimum absolute atomic E-state index is 0.350. The molecule has 1 unspecified atom stereocenters. The van der Waals surface area contributed by atoms with Crippen LogP contribution in [0.4, 0.5) is 0 Å². The molecule has 3 nitrogen and oxygen atoms in total. The quantitative estimate of drug-likeness (QED) is 0.833. The Labute approximate surface area is 95.0 Å². The molecule has 1 heterocycles. The summed E-state index contributed by atoms with van der Waals surface area (Å²) in [6.45, 7) is 4.17. The van der Waals surface area contributed by atoms with E-state index in [1.165, 1.54) is 0 Å². The van der Waals surface area contributed by atoms with Crippen molar-refractivity contribution >= 4 is 5.97 Å². The number of hydrogen-bond acceptors (Lipinski definition) is 2. The van der Waals surface area contributed by atoms with Gasteiger partial charge in [0.1, 0.15) is 5.75 Å². The second-order valence-corrected chi connectivity index (χ2v) is 4.47. The summed E-state index contributed by atoms with van der Waals surface area (Å²) < 4.78 is 5.59. The third-order valence-corrected chi connectivity index (χ3v) is 2.96. The molecule has 0 aliphatic carbocycles. The van der Waals surface area contributed by atoms with E-state index in [1.54, 1.807) is 0 Å². The van der Waals surface area contributed by atoms with Gasteiger partial charge in [-0.15, -0.1) is 0 Å². The van der Waals surface area contributed by atoms with Crippen molar-refractivity contribution in [3.05, 3.63) is 29.3 Å². The van der Waals surface area contributed by atoms with Crippen LogP contribution in [0.25, 0.3) is 0 Å². The van der Waals surface area contributed by atoms with Gasteiger partial charge in [0.05, 0.1) is 0 Å². The first kappa shape index (κ1) is 11.0. The Balaban J connectivity index is 2.38. The predicted octanol–water partition coefficient (Wildman–Crippen LogP) is 2.59. The Morgan fingerprint density at radius 1 is 1.50 bits per heavy atom. The summed E-state index contributed by atoms with van der Waals surface area (Å²) >= 11 is 0. The normalized spacial score (nSPS) is 19.1. The summed E-state index contributed by atoms with van der Waals surface area (Å²) in [6, 6.07) is 6.03. The SMILES string of the molecule is CC(C)c1cccc2c1OC(C(=O)O)CC2. The van der Waals surface area contributed by atoms with E-state index in [1.807, 2.05) is 18.2 Å². The summed E-state index contributed by atoms with van der Waals surface area (Å²) in [4.78, 5) is 10.9. The van der Waals surface area contributed by atoms with E-state index in [2.05, 4.69) is 13.8 Å². The van der Waals surface area contributed by atoms with Gasteiger partial charge in [0, 0.05) is 0 Å². The average Bonchev–Trinajstić information content (AvgIpc) is 2.27. The van der Waals surface area contributed by atoms with Crippen LogP contribution in [0.2, 0.25) is 0 Å². The van der Waals surface area contributed by atoms with Crippen LogP contribution in [0.1, 0.15) is 37.3 Å². The van der Waals surface area contributed by atoms with E-state index in [9.17, 15) is 4.79 Å². The lowest BCUT2D eigenvalue weighted by atomic mass is 9.94. The number of para-hydroxylation sites is 1. The zero-order valence-corrected chi connectivity index (χ0v) is 9.56. The lowest BCUT2D eigenvalue weighted by molar-refractivity contribution is -0.145. The van der Waals surface area contributed by atoms with Crippen LogP contribution in [0.3, 0.4) is 0 Å². The molecule has 0 saturated heterocycles. The van der Waals surface area contributed by atoms with Gasteiger partial charge in [-0.3, -0.25) is 0 Å². The molecule has 0 amide bonds. The zero-order valence-electron chi connectivity index (χ0n) is 9.56. The molecule has 2 rings (SSSR count). The van der Waals surface area contributed by atoms with Gasteiger partial charge in [0.25, 0.3) is 0 Å². The molecule has 16 heavy (non-hydrogen) atoms. The summed E-state index contributed by atoms with van der Waals surface area (Å²) in [5.41, 5.74) is 2.23. The maximum Gasteiger partial charge on any atom is 0.344 e. The highest BCUT2D eigenvalue weighted by molar-refractivity contribution is 5.73. The van der Waals surface area contributed by atoms with Crippen LogP contribution >= 0.6 is 0 Å². The summed E-state index contributed by atoms with van der Waals surface area (Å²) in [7, 11) is 0. The first-order chi connectivity index (χ1) is 7.59. The van der Waals surface area contributed by atoms with Gasteiger partial charge in [-0.25, -0.2) is 4.79 Å². The van der Waals surface area contributed by atoms with Crippen molar-refractivity contribution < 1.29 is 14.6 Å². The van der Waals surface area contributed by atoms with Gasteiger partial charge < -0.3 is 9.84 Å². The maximum atomic E-state index is 10.9. The number of fused-ring (bicyclic) bond motifs is 1. The van der Waals surface area contributed by atoms with Gasteiger partial charge in [0.15, 0.2) is 6.10 Å². The van der Waals surface area contributed by atoms with Crippen LogP contribution in [-0.2, 0) is 11.2 Å². The monoisotopic (exact) mass is 220 g/mol. The van der Waals surface area contributed by atoms with Gasteiger partial charge in [0.2, 0.25) is 0 Å². The molecule has 1 aromatic carbocycles. The smallest absolute Gasteiger partial charge is 0.344 e. The molecule has 0 radical (unpaired) electrons. The molecule has 1 atom stereocenters. The number of hydrogen-bond donors (Lipinski definition) is 1. The molecule has 1 aromatic rings. The number of benzene rings is 1. The zero-order chi connectivity index (χ0) is 11.7. The Morgan fingerprint density at radius 3 is 2.88 bits per heavy atom. The fraction of sp³-hybridized carbons (Fsp3) is 0.462. The molecule has 0 spiro atoms. The van der Waals surface area contributed by atoms with Crippen molar-refractivity contribution in [3.63, 3.8) is 0 Å². The third-order valence-electron chi connectivity index (χ3n) is 2.96. The Kier molecular flexibility index (Phi) is 2.86. The second kappa shape index (κ2) is 4.16. The highest BCUT2D eigenvalue weighted by Crippen LogP contribution is 2.35. The minimum Gasteiger partial charge on any atom is -0.479 e. The molecule has 1 aliphatic rings. The summed E-state index contributed by atoms with van der Waals surface area (Å²) in [5.74, 6) is 0.267. The standard InChI is InChI=1S/C13H16O3/c1-8(2)10-5-3-4-9-6-7-11(13(14)15)16-12(9)10/h3-5,8,11H,6-7H2,1-2H3,(H,14,15). The van der Waals surface area contributed by atoms with E-state index >= 15 is 0 Å². The number of carboxylic acids is 1. The van der Waals surface area contributed by atoms with E-state index in [4.69, 9.17) is 9.84 Å². The highest BCUT2D eigenvalue weighted by Gasteiger charge is 2.27. The van der Waals surface area contributed by atoms with Crippen molar-refractivity contribution in [2.75, 3.05) is 0 Å². The van der Waals surface area contributed by atoms with Crippen LogP contribution < -0.4 is 4.74 Å². The summed E-state index contributed by atoms with van der Waals surface area (Å²) in [5, 5.41) is 8.97. The molecule has 86 valence electrons. The number of aliphatic carboxylic acids is 1. The third kappa shape index (κ3) is 1.90. The molecular formula is C13H16O3. The molecule has 0 fully saturated rings. The second-order valence-electron chi connectivity index (χ2n) is 4.47. The van der Waals surface area contributed by atoms with Gasteiger partial charge in [-0.1, -0.05) is 32.0 Å². The van der Waals surface area contributed by atoms with Crippen LogP contribution in [0.5, 0.6) is 5.75 Å².